The fraction of sp³-hybridized carbons (Fsp3) is 0.250. The zero-order valence-corrected chi connectivity index (χ0v) is 17.4. The molecule has 0 aliphatic carbocycles. The van der Waals surface area contributed by atoms with E-state index >= 15 is 0 Å². The first-order valence-electron chi connectivity index (χ1n) is 9.00. The summed E-state index contributed by atoms with van der Waals surface area (Å²) in [7, 11) is 0. The van der Waals surface area contributed by atoms with Crippen molar-refractivity contribution in [3.8, 4) is 0 Å². The van der Waals surface area contributed by atoms with Crippen LogP contribution in [0, 0.1) is 70.6 Å². The van der Waals surface area contributed by atoms with Crippen LogP contribution in [0.3, 0.4) is 0 Å². The van der Waals surface area contributed by atoms with Gasteiger partial charge in [-0.1, -0.05) is 24.3 Å². The Balaban J connectivity index is 0.000000218. The van der Waals surface area contributed by atoms with Gasteiger partial charge in [0.25, 0.3) is 0 Å². The summed E-state index contributed by atoms with van der Waals surface area (Å²) in [5.41, 5.74) is 3.08. The molecule has 0 aromatic heterocycles. The van der Waals surface area contributed by atoms with Crippen molar-refractivity contribution in [3.05, 3.63) is 105 Å². The Morgan fingerprint density at radius 3 is 1.21 bits per heavy atom. The van der Waals surface area contributed by atoms with Gasteiger partial charge in [-0.25, -0.2) is 22.0 Å². The Hall–Kier alpha value is -2.69. The lowest BCUT2D eigenvalue weighted by atomic mass is 10.1. The van der Waals surface area contributed by atoms with Gasteiger partial charge in [0, 0.05) is 5.56 Å². The van der Waals surface area contributed by atoms with E-state index in [1.165, 1.54) is 39.0 Å². The lowest BCUT2D eigenvalue weighted by Gasteiger charge is -1.99. The number of hydrogen-bond acceptors (Lipinski definition) is 0. The normalized spacial score (nSPS) is 9.90. The maximum Gasteiger partial charge on any atom is 0.161 e. The second kappa shape index (κ2) is 10.7. The van der Waals surface area contributed by atoms with Gasteiger partial charge in [0.2, 0.25) is 0 Å². The standard InChI is InChI=1S/2C8H8F2.C8H9F/c1-5-3-7(9)6(2)8(10)4-5;1-5-3-4-6(2)8(10)7(5)9;1-6-3-4-7(2)8(9)5-6/h2*3-4H,1-2H3;3-5H,1-2H3. The molecule has 0 amide bonds. The molecule has 0 N–H and O–H groups in total. The Morgan fingerprint density at radius 2 is 0.828 bits per heavy atom. The van der Waals surface area contributed by atoms with Gasteiger partial charge in [-0.05, 0) is 87.6 Å². The quantitative estimate of drug-likeness (QED) is 0.336. The minimum Gasteiger partial charge on any atom is -0.207 e. The van der Waals surface area contributed by atoms with Gasteiger partial charge in [0.1, 0.15) is 17.5 Å². The molecule has 0 nitrogen and oxygen atoms in total. The van der Waals surface area contributed by atoms with Crippen LogP contribution in [0.25, 0.3) is 0 Å². The highest BCUT2D eigenvalue weighted by atomic mass is 19.2. The molecule has 0 bridgehead atoms. The van der Waals surface area contributed by atoms with Crippen molar-refractivity contribution in [2.24, 2.45) is 0 Å². The second-order valence-electron chi connectivity index (χ2n) is 6.93. The first kappa shape index (κ1) is 24.3. The van der Waals surface area contributed by atoms with Crippen molar-refractivity contribution < 1.29 is 22.0 Å². The summed E-state index contributed by atoms with van der Waals surface area (Å²) in [5.74, 6) is -2.54. The summed E-state index contributed by atoms with van der Waals surface area (Å²) in [6.45, 7) is 9.79. The van der Waals surface area contributed by atoms with Crippen molar-refractivity contribution >= 4 is 0 Å². The van der Waals surface area contributed by atoms with E-state index < -0.39 is 23.3 Å². The van der Waals surface area contributed by atoms with Crippen LogP contribution >= 0.6 is 0 Å². The average molecular weight is 408 g/mol. The van der Waals surface area contributed by atoms with Crippen molar-refractivity contribution in [1.29, 1.82) is 0 Å². The van der Waals surface area contributed by atoms with E-state index in [1.54, 1.807) is 32.0 Å². The smallest absolute Gasteiger partial charge is 0.161 e. The molecule has 0 unspecified atom stereocenters. The van der Waals surface area contributed by atoms with Gasteiger partial charge < -0.3 is 0 Å². The third-order valence-electron chi connectivity index (χ3n) is 4.22. The number of aryl methyl sites for hydroxylation is 5. The summed E-state index contributed by atoms with van der Waals surface area (Å²) in [5, 5.41) is 0. The van der Waals surface area contributed by atoms with Crippen LogP contribution in [0.1, 0.15) is 33.4 Å². The maximum atomic E-state index is 12.6. The second-order valence-corrected chi connectivity index (χ2v) is 6.93. The molecule has 0 aliphatic rings. The number of rotatable bonds is 0. The molecular formula is C24H25F5. The average Bonchev–Trinajstić information content (AvgIpc) is 2.65. The lowest BCUT2D eigenvalue weighted by Crippen LogP contribution is -1.91. The van der Waals surface area contributed by atoms with Crippen LogP contribution in [0.15, 0.2) is 42.5 Å². The summed E-state index contributed by atoms with van der Waals surface area (Å²) >= 11 is 0. The number of benzene rings is 3. The molecule has 0 aliphatic heterocycles. The van der Waals surface area contributed by atoms with Crippen molar-refractivity contribution in [2.75, 3.05) is 0 Å². The minimum absolute atomic E-state index is 0.0885. The molecule has 3 rings (SSSR count). The molecule has 3 aromatic carbocycles. The maximum absolute atomic E-state index is 12.6. The van der Waals surface area contributed by atoms with Gasteiger partial charge in [0.15, 0.2) is 11.6 Å². The Morgan fingerprint density at radius 1 is 0.448 bits per heavy atom. The van der Waals surface area contributed by atoms with Crippen molar-refractivity contribution in [3.63, 3.8) is 0 Å². The SMILES string of the molecule is Cc1cc(F)c(C)c(F)c1.Cc1ccc(C)c(F)c1.Cc1ccc(C)c(F)c1F. The van der Waals surface area contributed by atoms with Crippen LogP contribution in [-0.2, 0) is 0 Å². The largest absolute Gasteiger partial charge is 0.207 e. The van der Waals surface area contributed by atoms with Crippen molar-refractivity contribution in [2.45, 2.75) is 41.5 Å². The van der Waals surface area contributed by atoms with E-state index in [4.69, 9.17) is 0 Å². The highest BCUT2D eigenvalue weighted by Crippen LogP contribution is 2.14. The molecule has 0 radical (unpaired) electrons. The highest BCUT2D eigenvalue weighted by Gasteiger charge is 2.06. The molecule has 0 saturated heterocycles. The zero-order valence-electron chi connectivity index (χ0n) is 17.4. The predicted molar refractivity (Wildman–Crippen MR) is 108 cm³/mol. The molecule has 156 valence electrons. The Bertz CT molecular complexity index is 927. The fourth-order valence-corrected chi connectivity index (χ4v) is 2.21. The summed E-state index contributed by atoms with van der Waals surface area (Å²) in [6, 6.07) is 11.0. The van der Waals surface area contributed by atoms with E-state index in [1.807, 2.05) is 13.0 Å². The van der Waals surface area contributed by atoms with E-state index in [0.717, 1.165) is 5.56 Å². The van der Waals surface area contributed by atoms with Gasteiger partial charge in [-0.15, -0.1) is 0 Å². The predicted octanol–water partition coefficient (Wildman–Crippen LogP) is 7.61. The summed E-state index contributed by atoms with van der Waals surface area (Å²) in [6.07, 6.45) is 0. The molecule has 0 atom stereocenters. The minimum atomic E-state index is -0.736. The zero-order chi connectivity index (χ0) is 22.3. The van der Waals surface area contributed by atoms with Crippen LogP contribution in [0.2, 0.25) is 0 Å². The van der Waals surface area contributed by atoms with Gasteiger partial charge in [-0.2, -0.15) is 0 Å². The van der Waals surface area contributed by atoms with Gasteiger partial charge in [0.05, 0.1) is 0 Å². The first-order chi connectivity index (χ1) is 13.4. The molecule has 0 saturated carbocycles. The van der Waals surface area contributed by atoms with Crippen molar-refractivity contribution in [1.82, 2.24) is 0 Å². The van der Waals surface area contributed by atoms with Gasteiger partial charge >= 0.3 is 0 Å². The van der Waals surface area contributed by atoms with Crippen LogP contribution in [0.5, 0.6) is 0 Å². The first-order valence-corrected chi connectivity index (χ1v) is 9.00. The number of hydrogen-bond donors (Lipinski definition) is 0. The van der Waals surface area contributed by atoms with E-state index in [0.29, 0.717) is 22.3 Å². The highest BCUT2D eigenvalue weighted by molar-refractivity contribution is 5.25. The summed E-state index contributed by atoms with van der Waals surface area (Å²) in [4.78, 5) is 0. The van der Waals surface area contributed by atoms with Crippen LogP contribution in [-0.4, -0.2) is 0 Å². The molecule has 3 aromatic rings. The third-order valence-corrected chi connectivity index (χ3v) is 4.22. The number of halogens is 5. The molecular weight excluding hydrogens is 383 g/mol. The lowest BCUT2D eigenvalue weighted by molar-refractivity contribution is 0.497. The van der Waals surface area contributed by atoms with E-state index in [9.17, 15) is 22.0 Å². The van der Waals surface area contributed by atoms with Crippen LogP contribution < -0.4 is 0 Å². The summed E-state index contributed by atoms with van der Waals surface area (Å²) < 4.78 is 63.0. The molecule has 5 heteroatoms. The van der Waals surface area contributed by atoms with E-state index in [2.05, 4.69) is 0 Å². The monoisotopic (exact) mass is 408 g/mol. The van der Waals surface area contributed by atoms with Crippen LogP contribution in [0.4, 0.5) is 22.0 Å². The fourth-order valence-electron chi connectivity index (χ4n) is 2.21. The Labute approximate surface area is 169 Å². The molecule has 0 spiro atoms. The molecule has 0 fully saturated rings. The topological polar surface area (TPSA) is 0 Å². The Kier molecular flexibility index (Phi) is 9.02. The molecule has 29 heavy (non-hydrogen) atoms. The third kappa shape index (κ3) is 7.33. The molecule has 0 heterocycles. The van der Waals surface area contributed by atoms with Gasteiger partial charge in [-0.3, -0.25) is 0 Å². The van der Waals surface area contributed by atoms with E-state index in [-0.39, 0.29) is 11.4 Å².